The molecule has 1 rings (SSSR count). The summed E-state index contributed by atoms with van der Waals surface area (Å²) >= 11 is 12.0. The molecule has 0 radical (unpaired) electrons. The molecule has 0 unspecified atom stereocenters. The Hall–Kier alpha value is -0.540. The van der Waals surface area contributed by atoms with Gasteiger partial charge in [-0.05, 0) is 48.7 Å². The van der Waals surface area contributed by atoms with E-state index in [0.717, 1.165) is 18.4 Å². The number of benzene rings is 1. The van der Waals surface area contributed by atoms with Gasteiger partial charge in [-0.15, -0.1) is 0 Å². The lowest BCUT2D eigenvalue weighted by Crippen LogP contribution is -2.02. The van der Waals surface area contributed by atoms with Crippen LogP contribution in [-0.2, 0) is 4.74 Å². The largest absolute Gasteiger partial charge is 0.380 e. The van der Waals surface area contributed by atoms with Gasteiger partial charge in [0.15, 0.2) is 0 Å². The van der Waals surface area contributed by atoms with E-state index in [1.54, 1.807) is 19.2 Å². The predicted molar refractivity (Wildman–Crippen MR) is 74.6 cm³/mol. The summed E-state index contributed by atoms with van der Waals surface area (Å²) in [6.07, 6.45) is 3.87. The third kappa shape index (κ3) is 5.09. The van der Waals surface area contributed by atoms with E-state index in [4.69, 9.17) is 33.7 Å². The highest BCUT2D eigenvalue weighted by molar-refractivity contribution is 6.34. The molecular formula is C13H17Cl2NO. The Bertz CT molecular complexity index is 391. The minimum absolute atomic E-state index is 0.586. The van der Waals surface area contributed by atoms with Crippen LogP contribution in [0.5, 0.6) is 0 Å². The van der Waals surface area contributed by atoms with Crippen LogP contribution in [0.1, 0.15) is 18.4 Å². The minimum atomic E-state index is 0.586. The van der Waals surface area contributed by atoms with Crippen molar-refractivity contribution in [1.29, 1.82) is 0 Å². The molecule has 0 aliphatic heterocycles. The van der Waals surface area contributed by atoms with Crippen molar-refractivity contribution in [3.8, 4) is 0 Å². The molecule has 4 heteroatoms. The number of hydrogen-bond donors (Lipinski definition) is 1. The van der Waals surface area contributed by atoms with E-state index in [-0.39, 0.29) is 0 Å². The van der Waals surface area contributed by atoms with Crippen molar-refractivity contribution in [1.82, 2.24) is 0 Å². The molecular weight excluding hydrogens is 257 g/mol. The highest BCUT2D eigenvalue weighted by Gasteiger charge is 2.02. The van der Waals surface area contributed by atoms with Gasteiger partial charge in [0.2, 0.25) is 0 Å². The lowest BCUT2D eigenvalue weighted by molar-refractivity contribution is 0.223. The fourth-order valence-corrected chi connectivity index (χ4v) is 1.90. The van der Waals surface area contributed by atoms with Crippen molar-refractivity contribution in [2.75, 3.05) is 20.3 Å². The van der Waals surface area contributed by atoms with Crippen molar-refractivity contribution >= 4 is 29.3 Å². The van der Waals surface area contributed by atoms with E-state index >= 15 is 0 Å². The first-order chi connectivity index (χ1) is 8.17. The van der Waals surface area contributed by atoms with E-state index in [9.17, 15) is 0 Å². The number of rotatable bonds is 6. The van der Waals surface area contributed by atoms with Gasteiger partial charge in [0.25, 0.3) is 0 Å². The Morgan fingerprint density at radius 2 is 2.18 bits per heavy atom. The van der Waals surface area contributed by atoms with Crippen molar-refractivity contribution in [2.45, 2.75) is 12.8 Å². The molecule has 0 bridgehead atoms. The van der Waals surface area contributed by atoms with Crippen molar-refractivity contribution < 1.29 is 4.74 Å². The van der Waals surface area contributed by atoms with Gasteiger partial charge in [-0.25, -0.2) is 0 Å². The molecule has 0 aliphatic carbocycles. The number of nitrogens with two attached hydrogens (primary N) is 1. The van der Waals surface area contributed by atoms with Crippen LogP contribution < -0.4 is 5.73 Å². The van der Waals surface area contributed by atoms with Crippen LogP contribution >= 0.6 is 23.2 Å². The smallest absolute Gasteiger partial charge is 0.0676 e. The third-order valence-corrected chi connectivity index (χ3v) is 2.93. The summed E-state index contributed by atoms with van der Waals surface area (Å²) in [6, 6.07) is 5.42. The Morgan fingerprint density at radius 3 is 2.82 bits per heavy atom. The number of hydrogen-bond acceptors (Lipinski definition) is 2. The molecule has 0 aliphatic rings. The molecule has 0 spiro atoms. The summed E-state index contributed by atoms with van der Waals surface area (Å²) in [4.78, 5) is 0. The Balaban J connectivity index is 2.90. The third-order valence-electron chi connectivity index (χ3n) is 2.35. The fraction of sp³-hybridized carbons (Fsp3) is 0.385. The van der Waals surface area contributed by atoms with Crippen LogP contribution in [0.2, 0.25) is 10.0 Å². The van der Waals surface area contributed by atoms with Gasteiger partial charge in [0.1, 0.15) is 0 Å². The highest BCUT2D eigenvalue weighted by atomic mass is 35.5. The van der Waals surface area contributed by atoms with Gasteiger partial charge in [0.05, 0.1) is 6.61 Å². The van der Waals surface area contributed by atoms with Crippen molar-refractivity contribution in [3.63, 3.8) is 0 Å². The molecule has 1 aromatic rings. The fourth-order valence-electron chi connectivity index (χ4n) is 1.55. The standard InChI is InChI=1S/C13H17Cl2NO/c1-17-9-10(3-2-6-16)7-11-8-12(14)4-5-13(11)15/h4-5,7-8H,2-3,6,9,16H2,1H3/b10-7+. The van der Waals surface area contributed by atoms with Crippen molar-refractivity contribution in [2.24, 2.45) is 5.73 Å². The number of ether oxygens (including phenoxy) is 1. The quantitative estimate of drug-likeness (QED) is 0.857. The average molecular weight is 274 g/mol. The molecule has 17 heavy (non-hydrogen) atoms. The minimum Gasteiger partial charge on any atom is -0.380 e. The zero-order valence-electron chi connectivity index (χ0n) is 9.88. The van der Waals surface area contributed by atoms with Crippen LogP contribution in [0.4, 0.5) is 0 Å². The molecule has 0 atom stereocenters. The van der Waals surface area contributed by atoms with E-state index in [1.807, 2.05) is 12.1 Å². The molecule has 0 heterocycles. The maximum absolute atomic E-state index is 6.11. The first-order valence-electron chi connectivity index (χ1n) is 5.51. The molecule has 0 saturated carbocycles. The molecule has 2 nitrogen and oxygen atoms in total. The highest BCUT2D eigenvalue weighted by Crippen LogP contribution is 2.24. The maximum Gasteiger partial charge on any atom is 0.0676 e. The number of methoxy groups -OCH3 is 1. The van der Waals surface area contributed by atoms with Gasteiger partial charge >= 0.3 is 0 Å². The SMILES string of the molecule is COC/C(=C/c1cc(Cl)ccc1Cl)CCCN. The molecule has 0 fully saturated rings. The number of halogens is 2. The van der Waals surface area contributed by atoms with Crippen LogP contribution in [0, 0.1) is 0 Å². The first kappa shape index (κ1) is 14.5. The second-order valence-electron chi connectivity index (χ2n) is 3.79. The van der Waals surface area contributed by atoms with Gasteiger partial charge in [0, 0.05) is 17.2 Å². The van der Waals surface area contributed by atoms with Crippen LogP contribution in [0.25, 0.3) is 6.08 Å². The summed E-state index contributed by atoms with van der Waals surface area (Å²) in [5.41, 5.74) is 7.59. The van der Waals surface area contributed by atoms with Gasteiger partial charge in [-0.1, -0.05) is 29.3 Å². The summed E-state index contributed by atoms with van der Waals surface area (Å²) in [7, 11) is 1.68. The van der Waals surface area contributed by atoms with Gasteiger partial charge < -0.3 is 10.5 Å². The lowest BCUT2D eigenvalue weighted by Gasteiger charge is -2.07. The van der Waals surface area contributed by atoms with Gasteiger partial charge in [-0.2, -0.15) is 0 Å². The zero-order valence-corrected chi connectivity index (χ0v) is 11.4. The molecule has 0 amide bonds. The second kappa shape index (κ2) is 7.72. The molecule has 94 valence electrons. The van der Waals surface area contributed by atoms with Crippen molar-refractivity contribution in [3.05, 3.63) is 39.4 Å². The van der Waals surface area contributed by atoms with E-state index in [2.05, 4.69) is 0 Å². The Morgan fingerprint density at radius 1 is 1.41 bits per heavy atom. The van der Waals surface area contributed by atoms with Crippen LogP contribution in [0.3, 0.4) is 0 Å². The summed E-state index contributed by atoms with van der Waals surface area (Å²) in [5.74, 6) is 0. The second-order valence-corrected chi connectivity index (χ2v) is 4.64. The average Bonchev–Trinajstić information content (AvgIpc) is 2.31. The van der Waals surface area contributed by atoms with E-state index < -0.39 is 0 Å². The molecule has 2 N–H and O–H groups in total. The lowest BCUT2D eigenvalue weighted by atomic mass is 10.1. The summed E-state index contributed by atoms with van der Waals surface area (Å²) < 4.78 is 5.16. The molecule has 1 aromatic carbocycles. The molecule has 0 aromatic heterocycles. The first-order valence-corrected chi connectivity index (χ1v) is 6.26. The van der Waals surface area contributed by atoms with E-state index in [0.29, 0.717) is 23.2 Å². The Labute approximate surface area is 112 Å². The van der Waals surface area contributed by atoms with Crippen LogP contribution in [0.15, 0.2) is 23.8 Å². The Kier molecular flexibility index (Phi) is 6.60. The summed E-state index contributed by atoms with van der Waals surface area (Å²) in [5, 5.41) is 1.37. The summed E-state index contributed by atoms with van der Waals surface area (Å²) in [6.45, 7) is 1.26. The topological polar surface area (TPSA) is 35.2 Å². The predicted octanol–water partition coefficient (Wildman–Crippen LogP) is 3.76. The van der Waals surface area contributed by atoms with Gasteiger partial charge in [-0.3, -0.25) is 0 Å². The molecule has 0 saturated heterocycles. The zero-order chi connectivity index (χ0) is 12.7. The monoisotopic (exact) mass is 273 g/mol. The normalized spacial score (nSPS) is 11.9. The maximum atomic E-state index is 6.11. The van der Waals surface area contributed by atoms with Crippen LogP contribution in [-0.4, -0.2) is 20.3 Å². The van der Waals surface area contributed by atoms with E-state index in [1.165, 1.54) is 5.57 Å².